The lowest BCUT2D eigenvalue weighted by Crippen LogP contribution is -2.18. The highest BCUT2D eigenvalue weighted by Gasteiger charge is 2.23. The third-order valence-corrected chi connectivity index (χ3v) is 3.01. The highest BCUT2D eigenvalue weighted by Crippen LogP contribution is 2.40. The molecule has 0 atom stereocenters. The molecule has 1 heterocycles. The van der Waals surface area contributed by atoms with E-state index in [1.807, 2.05) is 12.1 Å². The number of hydrogen-bond donors (Lipinski definition) is 0. The van der Waals surface area contributed by atoms with E-state index < -0.39 is 0 Å². The lowest BCUT2D eigenvalue weighted by atomic mass is 10.1. The summed E-state index contributed by atoms with van der Waals surface area (Å²) in [5.74, 6) is 1.32. The number of benzene rings is 1. The van der Waals surface area contributed by atoms with Crippen molar-refractivity contribution in [3.05, 3.63) is 22.2 Å². The standard InChI is InChI=1S/C12H15BrO4/c1-14-10-7-8(13)6-9(11(10)15-2)12-16-4-3-5-17-12/h6-7,12H,3-5H2,1-2H3. The maximum absolute atomic E-state index is 5.58. The van der Waals surface area contributed by atoms with Gasteiger partial charge in [-0.1, -0.05) is 15.9 Å². The van der Waals surface area contributed by atoms with Crippen LogP contribution >= 0.6 is 15.9 Å². The van der Waals surface area contributed by atoms with Gasteiger partial charge in [-0.15, -0.1) is 0 Å². The summed E-state index contributed by atoms with van der Waals surface area (Å²) in [4.78, 5) is 0. The second kappa shape index (κ2) is 5.71. The summed E-state index contributed by atoms with van der Waals surface area (Å²) in [6.07, 6.45) is 0.536. The zero-order chi connectivity index (χ0) is 12.3. The molecule has 1 aromatic rings. The van der Waals surface area contributed by atoms with Crippen LogP contribution in [0.1, 0.15) is 18.3 Å². The van der Waals surface area contributed by atoms with E-state index in [0.717, 1.165) is 16.5 Å². The van der Waals surface area contributed by atoms with Gasteiger partial charge in [-0.2, -0.15) is 0 Å². The Labute approximate surface area is 109 Å². The first-order valence-corrected chi connectivity index (χ1v) is 6.20. The number of ether oxygens (including phenoxy) is 4. The van der Waals surface area contributed by atoms with Crippen molar-refractivity contribution in [2.45, 2.75) is 12.7 Å². The van der Waals surface area contributed by atoms with Gasteiger partial charge in [0.05, 0.1) is 33.0 Å². The molecule has 0 bridgehead atoms. The van der Waals surface area contributed by atoms with Crippen LogP contribution in [0.15, 0.2) is 16.6 Å². The van der Waals surface area contributed by atoms with Crippen LogP contribution in [0.3, 0.4) is 0 Å². The monoisotopic (exact) mass is 302 g/mol. The molecule has 0 N–H and O–H groups in total. The fourth-order valence-corrected chi connectivity index (χ4v) is 2.26. The van der Waals surface area contributed by atoms with E-state index >= 15 is 0 Å². The molecule has 0 saturated carbocycles. The molecule has 0 unspecified atom stereocenters. The van der Waals surface area contributed by atoms with Gasteiger partial charge in [-0.3, -0.25) is 0 Å². The van der Waals surface area contributed by atoms with Crippen molar-refractivity contribution < 1.29 is 18.9 Å². The predicted octanol–water partition coefficient (Wildman–Crippen LogP) is 2.90. The van der Waals surface area contributed by atoms with Crippen LogP contribution in [0.4, 0.5) is 0 Å². The average molecular weight is 303 g/mol. The highest BCUT2D eigenvalue weighted by atomic mass is 79.9. The topological polar surface area (TPSA) is 36.9 Å². The molecule has 1 aromatic carbocycles. The molecule has 5 heteroatoms. The first-order chi connectivity index (χ1) is 8.26. The van der Waals surface area contributed by atoms with Gasteiger partial charge < -0.3 is 18.9 Å². The van der Waals surface area contributed by atoms with Crippen LogP contribution in [-0.2, 0) is 9.47 Å². The minimum absolute atomic E-state index is 0.384. The molecule has 0 aromatic heterocycles. The molecule has 0 aliphatic carbocycles. The van der Waals surface area contributed by atoms with Gasteiger partial charge >= 0.3 is 0 Å². The van der Waals surface area contributed by atoms with Crippen LogP contribution in [0.25, 0.3) is 0 Å². The zero-order valence-electron chi connectivity index (χ0n) is 9.86. The van der Waals surface area contributed by atoms with Crippen molar-refractivity contribution >= 4 is 15.9 Å². The minimum Gasteiger partial charge on any atom is -0.493 e. The van der Waals surface area contributed by atoms with Crippen molar-refractivity contribution in [2.75, 3.05) is 27.4 Å². The third-order valence-electron chi connectivity index (χ3n) is 2.55. The van der Waals surface area contributed by atoms with Gasteiger partial charge in [0.15, 0.2) is 17.8 Å². The molecule has 4 nitrogen and oxygen atoms in total. The molecule has 1 aliphatic heterocycles. The van der Waals surface area contributed by atoms with Crippen LogP contribution in [-0.4, -0.2) is 27.4 Å². The van der Waals surface area contributed by atoms with E-state index in [4.69, 9.17) is 18.9 Å². The molecule has 1 aliphatic rings. The van der Waals surface area contributed by atoms with Gasteiger partial charge in [0.2, 0.25) is 0 Å². The van der Waals surface area contributed by atoms with Crippen LogP contribution < -0.4 is 9.47 Å². The molecular formula is C12H15BrO4. The fourth-order valence-electron chi connectivity index (χ4n) is 1.80. The maximum Gasteiger partial charge on any atom is 0.187 e. The number of rotatable bonds is 3. The summed E-state index contributed by atoms with van der Waals surface area (Å²) in [6, 6.07) is 3.78. The second-order valence-corrected chi connectivity index (χ2v) is 4.57. The first-order valence-electron chi connectivity index (χ1n) is 5.41. The van der Waals surface area contributed by atoms with E-state index in [-0.39, 0.29) is 6.29 Å². The summed E-state index contributed by atoms with van der Waals surface area (Å²) in [6.45, 7) is 1.39. The Morgan fingerprint density at radius 1 is 1.18 bits per heavy atom. The molecule has 1 fully saturated rings. The average Bonchev–Trinajstić information content (AvgIpc) is 2.38. The Balaban J connectivity index is 2.39. The number of hydrogen-bond acceptors (Lipinski definition) is 4. The molecule has 1 saturated heterocycles. The Kier molecular flexibility index (Phi) is 4.25. The first kappa shape index (κ1) is 12.7. The van der Waals surface area contributed by atoms with Crippen molar-refractivity contribution in [1.29, 1.82) is 0 Å². The lowest BCUT2D eigenvalue weighted by Gasteiger charge is -2.25. The van der Waals surface area contributed by atoms with E-state index in [2.05, 4.69) is 15.9 Å². The van der Waals surface area contributed by atoms with Gasteiger partial charge in [0.25, 0.3) is 0 Å². The smallest absolute Gasteiger partial charge is 0.187 e. The van der Waals surface area contributed by atoms with E-state index in [1.165, 1.54) is 0 Å². The zero-order valence-corrected chi connectivity index (χ0v) is 11.5. The second-order valence-electron chi connectivity index (χ2n) is 3.66. The SMILES string of the molecule is COc1cc(Br)cc(C2OCCCO2)c1OC. The highest BCUT2D eigenvalue weighted by molar-refractivity contribution is 9.10. The summed E-state index contributed by atoms with van der Waals surface area (Å²) in [7, 11) is 3.22. The quantitative estimate of drug-likeness (QED) is 0.860. The Hall–Kier alpha value is -0.780. The van der Waals surface area contributed by atoms with Crippen LogP contribution in [0.5, 0.6) is 11.5 Å². The fraction of sp³-hybridized carbons (Fsp3) is 0.500. The molecule has 17 heavy (non-hydrogen) atoms. The summed E-state index contributed by atoms with van der Waals surface area (Å²) in [5.41, 5.74) is 0.846. The molecule has 2 rings (SSSR count). The van der Waals surface area contributed by atoms with Crippen LogP contribution in [0.2, 0.25) is 0 Å². The van der Waals surface area contributed by atoms with Gasteiger partial charge in [0, 0.05) is 4.47 Å². The normalized spacial score (nSPS) is 16.9. The largest absolute Gasteiger partial charge is 0.493 e. The van der Waals surface area contributed by atoms with Gasteiger partial charge in [-0.25, -0.2) is 0 Å². The van der Waals surface area contributed by atoms with Crippen LogP contribution in [0, 0.1) is 0 Å². The van der Waals surface area contributed by atoms with Gasteiger partial charge in [0.1, 0.15) is 0 Å². The summed E-state index contributed by atoms with van der Waals surface area (Å²) < 4.78 is 22.7. The summed E-state index contributed by atoms with van der Waals surface area (Å²) >= 11 is 3.44. The van der Waals surface area contributed by atoms with E-state index in [1.54, 1.807) is 14.2 Å². The number of methoxy groups -OCH3 is 2. The lowest BCUT2D eigenvalue weighted by molar-refractivity contribution is -0.183. The van der Waals surface area contributed by atoms with Crippen molar-refractivity contribution in [1.82, 2.24) is 0 Å². The summed E-state index contributed by atoms with van der Waals surface area (Å²) in [5, 5.41) is 0. The molecule has 0 amide bonds. The van der Waals surface area contributed by atoms with E-state index in [0.29, 0.717) is 24.7 Å². The molecule has 94 valence electrons. The Morgan fingerprint density at radius 3 is 2.47 bits per heavy atom. The molecule has 0 spiro atoms. The van der Waals surface area contributed by atoms with Crippen molar-refractivity contribution in [2.24, 2.45) is 0 Å². The Bertz CT molecular complexity index is 388. The predicted molar refractivity (Wildman–Crippen MR) is 66.5 cm³/mol. The minimum atomic E-state index is -0.384. The van der Waals surface area contributed by atoms with Crippen molar-refractivity contribution in [3.63, 3.8) is 0 Å². The maximum atomic E-state index is 5.58. The third kappa shape index (κ3) is 2.73. The number of halogens is 1. The van der Waals surface area contributed by atoms with Gasteiger partial charge in [-0.05, 0) is 18.6 Å². The van der Waals surface area contributed by atoms with Crippen molar-refractivity contribution in [3.8, 4) is 11.5 Å². The molecule has 0 radical (unpaired) electrons. The van der Waals surface area contributed by atoms with E-state index in [9.17, 15) is 0 Å². The molecular weight excluding hydrogens is 288 g/mol. The Morgan fingerprint density at radius 2 is 1.88 bits per heavy atom.